The molecule has 0 aromatic rings. The maximum atomic E-state index is 12.5. The Morgan fingerprint density at radius 3 is 2.06 bits per heavy atom. The number of carboxylic acid groups (broad SMARTS) is 1. The number of fused-ring (bicyclic) bond motifs is 2. The Morgan fingerprint density at radius 2 is 1.37 bits per heavy atom. The molecule has 0 amide bonds. The molecule has 7 unspecified atom stereocenters. The number of carbonyl (C=O) groups excluding carboxylic acids is 1. The van der Waals surface area contributed by atoms with Gasteiger partial charge >= 0.3 is 11.9 Å². The molecule has 16 atom stereocenters. The highest BCUT2D eigenvalue weighted by Gasteiger charge is 2.50. The van der Waals surface area contributed by atoms with Gasteiger partial charge in [-0.05, 0) is 58.8 Å². The van der Waals surface area contributed by atoms with Gasteiger partial charge in [-0.15, -0.1) is 0 Å². The Hall–Kier alpha value is -3.14. The van der Waals surface area contributed by atoms with Crippen LogP contribution in [-0.2, 0) is 33.3 Å². The molecule has 3 aliphatic rings. The lowest BCUT2D eigenvalue weighted by Gasteiger charge is -2.45. The number of hydrogen-bond donors (Lipinski definition) is 10. The highest BCUT2D eigenvalue weighted by molar-refractivity contribution is 5.71. The van der Waals surface area contributed by atoms with Crippen molar-refractivity contribution in [2.24, 2.45) is 17.6 Å². The average molecular weight is 882 g/mol. The molecule has 0 aromatic carbocycles. The largest absolute Gasteiger partial charge is 0.481 e. The highest BCUT2D eigenvalue weighted by atomic mass is 16.8. The van der Waals surface area contributed by atoms with Crippen molar-refractivity contribution in [1.82, 2.24) is 0 Å². The molecular formula is C45H71NO16. The summed E-state index contributed by atoms with van der Waals surface area (Å²) in [7, 11) is 0. The summed E-state index contributed by atoms with van der Waals surface area (Å²) in [5, 5.41) is 94.9. The van der Waals surface area contributed by atoms with Crippen molar-refractivity contribution in [3.8, 4) is 0 Å². The summed E-state index contributed by atoms with van der Waals surface area (Å²) in [5.41, 5.74) is 5.95. The topological polar surface area (TPSA) is 288 Å². The molecule has 3 aliphatic heterocycles. The lowest BCUT2D eigenvalue weighted by Crippen LogP contribution is -2.59. The third-order valence-electron chi connectivity index (χ3n) is 10.9. The summed E-state index contributed by atoms with van der Waals surface area (Å²) in [6.45, 7) is 4.75. The van der Waals surface area contributed by atoms with Gasteiger partial charge < -0.3 is 75.4 Å². The van der Waals surface area contributed by atoms with Gasteiger partial charge in [-0.3, -0.25) is 9.59 Å². The molecule has 17 nitrogen and oxygen atoms in total. The van der Waals surface area contributed by atoms with Gasteiger partial charge in [-0.1, -0.05) is 79.8 Å². The molecule has 17 heteroatoms. The monoisotopic (exact) mass is 881 g/mol. The molecule has 352 valence electrons. The summed E-state index contributed by atoms with van der Waals surface area (Å²) in [5.74, 6) is -5.55. The van der Waals surface area contributed by atoms with Crippen molar-refractivity contribution >= 4 is 11.9 Å². The van der Waals surface area contributed by atoms with Crippen LogP contribution in [0.1, 0.15) is 91.4 Å². The predicted octanol–water partition coefficient (Wildman–Crippen LogP) is 1.94. The minimum absolute atomic E-state index is 0.101. The smallest absolute Gasteiger partial charge is 0.314 e. The summed E-state index contributed by atoms with van der Waals surface area (Å²) in [4.78, 5) is 24.9. The second-order valence-electron chi connectivity index (χ2n) is 16.8. The number of rotatable bonds is 3. The zero-order valence-electron chi connectivity index (χ0n) is 36.0. The Kier molecular flexibility index (Phi) is 23.4. The molecule has 0 aromatic heterocycles. The minimum Gasteiger partial charge on any atom is -0.481 e. The lowest BCUT2D eigenvalue weighted by molar-refractivity contribution is -0.375. The maximum Gasteiger partial charge on any atom is 0.314 e. The van der Waals surface area contributed by atoms with Gasteiger partial charge in [0.1, 0.15) is 18.1 Å². The number of aliphatic hydroxyl groups is 8. The first-order chi connectivity index (χ1) is 29.4. The Bertz CT molecular complexity index is 1520. The third-order valence-corrected chi connectivity index (χ3v) is 10.9. The number of allylic oxidation sites excluding steroid dienone is 10. The zero-order chi connectivity index (χ0) is 45.8. The number of carbonyl (C=O) groups is 2. The normalized spacial score (nSPS) is 43.2. The minimum atomic E-state index is -1.84. The Balaban J connectivity index is 1.78. The Labute approximate surface area is 364 Å². The molecule has 2 fully saturated rings. The van der Waals surface area contributed by atoms with Gasteiger partial charge in [-0.2, -0.15) is 0 Å². The summed E-state index contributed by atoms with van der Waals surface area (Å²) in [6, 6.07) is -1.07. The number of aliphatic hydroxyl groups excluding tert-OH is 8. The van der Waals surface area contributed by atoms with Crippen LogP contribution in [-0.4, -0.2) is 150 Å². The second-order valence-corrected chi connectivity index (χ2v) is 16.8. The van der Waals surface area contributed by atoms with E-state index >= 15 is 0 Å². The van der Waals surface area contributed by atoms with Crippen LogP contribution >= 0.6 is 0 Å². The van der Waals surface area contributed by atoms with Crippen molar-refractivity contribution in [3.05, 3.63) is 72.9 Å². The number of ether oxygens (including phenoxy) is 5. The van der Waals surface area contributed by atoms with E-state index in [4.69, 9.17) is 29.4 Å². The number of carboxylic acids is 1. The molecule has 3 rings (SSSR count). The molecule has 0 saturated carbocycles. The van der Waals surface area contributed by atoms with Gasteiger partial charge in [0, 0.05) is 25.2 Å². The fourth-order valence-corrected chi connectivity index (χ4v) is 7.49. The third kappa shape index (κ3) is 19.3. The van der Waals surface area contributed by atoms with Crippen LogP contribution in [0.5, 0.6) is 0 Å². The van der Waals surface area contributed by atoms with Crippen LogP contribution in [0.2, 0.25) is 0 Å². The molecule has 2 saturated heterocycles. The van der Waals surface area contributed by atoms with E-state index in [1.807, 2.05) is 49.5 Å². The van der Waals surface area contributed by atoms with E-state index in [-0.39, 0.29) is 63.9 Å². The number of cyclic esters (lactones) is 1. The first-order valence-corrected chi connectivity index (χ1v) is 21.6. The molecule has 0 radical (unpaired) electrons. The van der Waals surface area contributed by atoms with Gasteiger partial charge in [0.05, 0.1) is 67.9 Å². The first kappa shape index (κ1) is 53.2. The van der Waals surface area contributed by atoms with E-state index < -0.39 is 103 Å². The molecule has 3 heterocycles. The van der Waals surface area contributed by atoms with Crippen LogP contribution < -0.4 is 5.73 Å². The van der Waals surface area contributed by atoms with E-state index in [0.29, 0.717) is 6.42 Å². The van der Waals surface area contributed by atoms with E-state index in [1.165, 1.54) is 6.92 Å². The molecular weight excluding hydrogens is 810 g/mol. The summed E-state index contributed by atoms with van der Waals surface area (Å²) in [6.07, 6.45) is 9.42. The highest BCUT2D eigenvalue weighted by Crippen LogP contribution is 2.37. The van der Waals surface area contributed by atoms with Crippen molar-refractivity contribution in [2.75, 3.05) is 6.61 Å². The van der Waals surface area contributed by atoms with Crippen LogP contribution in [0.4, 0.5) is 0 Å². The van der Waals surface area contributed by atoms with Crippen molar-refractivity contribution in [3.63, 3.8) is 0 Å². The van der Waals surface area contributed by atoms with E-state index in [2.05, 4.69) is 0 Å². The molecule has 62 heavy (non-hydrogen) atoms. The summed E-state index contributed by atoms with van der Waals surface area (Å²) >= 11 is 0. The molecule has 0 spiro atoms. The summed E-state index contributed by atoms with van der Waals surface area (Å²) < 4.78 is 28.8. The van der Waals surface area contributed by atoms with Crippen molar-refractivity contribution in [1.29, 1.82) is 0 Å². The second kappa shape index (κ2) is 27.2. The number of hydrogen-bond acceptors (Lipinski definition) is 16. The van der Waals surface area contributed by atoms with Crippen molar-refractivity contribution in [2.45, 2.75) is 177 Å². The number of esters is 1. The SMILES string of the molecule is C[C@H]1C[C@H](O)[C@@H](C)/C=C/C=C/CC/C=C/C=C/C=C/C=C/C(OC2OC[C@@H](O)[C@H](N)[C@@H]2O)C[C@@H]2OC(C)(CC(O)CCCC(O)CC(O)CC(O)CC(=O)O1)O[C@H](O)[C@H]2C(=O)O. The molecule has 0 aliphatic carbocycles. The van der Waals surface area contributed by atoms with Gasteiger partial charge in [0.2, 0.25) is 0 Å². The predicted molar refractivity (Wildman–Crippen MR) is 226 cm³/mol. The fraction of sp³-hybridized carbons (Fsp3) is 0.689. The van der Waals surface area contributed by atoms with E-state index in [0.717, 1.165) is 12.8 Å². The first-order valence-electron chi connectivity index (χ1n) is 21.6. The van der Waals surface area contributed by atoms with Crippen LogP contribution in [0.25, 0.3) is 0 Å². The quantitative estimate of drug-likeness (QED) is 0.181. The number of aliphatic carboxylic acids is 1. The van der Waals surface area contributed by atoms with Crippen molar-refractivity contribution < 1.29 is 79.2 Å². The zero-order valence-corrected chi connectivity index (χ0v) is 36.0. The lowest BCUT2D eigenvalue weighted by atomic mass is 9.92. The van der Waals surface area contributed by atoms with Gasteiger partial charge in [0.25, 0.3) is 0 Å². The van der Waals surface area contributed by atoms with Gasteiger partial charge in [-0.25, -0.2) is 0 Å². The van der Waals surface area contributed by atoms with E-state index in [9.17, 15) is 55.5 Å². The Morgan fingerprint density at radius 1 is 0.758 bits per heavy atom. The van der Waals surface area contributed by atoms with Gasteiger partial charge in [0.15, 0.2) is 18.4 Å². The molecule has 2 bridgehead atoms. The fourth-order valence-electron chi connectivity index (χ4n) is 7.49. The van der Waals surface area contributed by atoms with E-state index in [1.54, 1.807) is 37.3 Å². The standard InChI is InChI=1S/C45H71NO16/c1-28-17-14-12-10-8-6-4-5-7-9-11-13-15-20-34(60-44-41(54)40(46)36(52)27-58-44)25-37-39(42(55)56)43(57)62-45(3,61-37)26-31(48)19-16-18-30(47)22-32(49)23-33(50)24-38(53)59-29(2)21-35(28)51/h4-5,7,9-15,17,20,28-37,39-41,43-44,47-52,54,57H,6,8,16,18-19,21-27,46H2,1-3H3,(H,55,56)/b5-4+,9-7+,12-10+,13-11+,17-14+,20-15+/t28-,29-,30?,31?,32?,33?,34?,35-,36+,37-,39+,40-,41-,43-,44?,45?/m0/s1. The number of nitrogens with two attached hydrogens (primary N) is 1. The average Bonchev–Trinajstić information content (AvgIpc) is 3.16. The van der Waals surface area contributed by atoms with Crippen LogP contribution in [0.3, 0.4) is 0 Å². The van der Waals surface area contributed by atoms with Crippen LogP contribution in [0.15, 0.2) is 72.9 Å². The molecule has 11 N–H and O–H groups in total. The maximum absolute atomic E-state index is 12.5. The van der Waals surface area contributed by atoms with Crippen LogP contribution in [0, 0.1) is 11.8 Å².